The molecule has 0 spiro atoms. The van der Waals surface area contributed by atoms with E-state index in [0.29, 0.717) is 6.54 Å². The van der Waals surface area contributed by atoms with Crippen molar-refractivity contribution in [2.75, 3.05) is 18.9 Å². The monoisotopic (exact) mass is 252 g/mol. The molecule has 0 aliphatic carbocycles. The van der Waals surface area contributed by atoms with Gasteiger partial charge in [0.05, 0.1) is 6.10 Å². The molecule has 98 valence electrons. The number of nitrogens with two attached hydrogens (primary N) is 1. The van der Waals surface area contributed by atoms with E-state index in [1.54, 1.807) is 0 Å². The fourth-order valence-electron chi connectivity index (χ4n) is 2.02. The number of hydrogen-bond donors (Lipinski definition) is 2. The molecule has 0 saturated carbocycles. The predicted molar refractivity (Wildman–Crippen MR) is 66.7 cm³/mol. The molecule has 1 aromatic rings. The summed E-state index contributed by atoms with van der Waals surface area (Å²) >= 11 is 0. The highest BCUT2D eigenvalue weighted by Gasteiger charge is 2.15. The Hall–Kier alpha value is -1.62. The number of anilines is 1. The Balaban J connectivity index is 1.90. The third kappa shape index (κ3) is 3.43. The zero-order chi connectivity index (χ0) is 13.0. The van der Waals surface area contributed by atoms with Crippen LogP contribution in [0, 0.1) is 5.82 Å². The lowest BCUT2D eigenvalue weighted by molar-refractivity contribution is 0.0169. The molecule has 0 aromatic heterocycles. The Morgan fingerprint density at radius 1 is 1.44 bits per heavy atom. The smallest absolute Gasteiger partial charge is 0.251 e. The number of carbonyl (C=O) groups is 1. The van der Waals surface area contributed by atoms with Crippen molar-refractivity contribution in [1.82, 2.24) is 5.32 Å². The van der Waals surface area contributed by atoms with Crippen LogP contribution in [-0.2, 0) is 4.74 Å². The first-order valence-electron chi connectivity index (χ1n) is 6.11. The molecule has 5 heteroatoms. The first-order chi connectivity index (χ1) is 8.65. The van der Waals surface area contributed by atoms with Gasteiger partial charge in [-0.2, -0.15) is 0 Å². The molecule has 1 aromatic carbocycles. The summed E-state index contributed by atoms with van der Waals surface area (Å²) < 4.78 is 18.6. The van der Waals surface area contributed by atoms with Gasteiger partial charge in [0.15, 0.2) is 0 Å². The van der Waals surface area contributed by atoms with E-state index in [4.69, 9.17) is 10.5 Å². The molecular weight excluding hydrogens is 235 g/mol. The minimum absolute atomic E-state index is 0.0635. The zero-order valence-electron chi connectivity index (χ0n) is 10.1. The minimum Gasteiger partial charge on any atom is -0.399 e. The molecule has 1 heterocycles. The van der Waals surface area contributed by atoms with Crippen molar-refractivity contribution in [3.8, 4) is 0 Å². The van der Waals surface area contributed by atoms with Crippen LogP contribution in [0.5, 0.6) is 0 Å². The maximum Gasteiger partial charge on any atom is 0.251 e. The molecule has 2 rings (SSSR count). The van der Waals surface area contributed by atoms with Gasteiger partial charge in [0.2, 0.25) is 0 Å². The van der Waals surface area contributed by atoms with E-state index in [2.05, 4.69) is 5.32 Å². The van der Waals surface area contributed by atoms with Crippen molar-refractivity contribution in [2.45, 2.75) is 25.4 Å². The number of halogens is 1. The Labute approximate surface area is 105 Å². The van der Waals surface area contributed by atoms with Crippen molar-refractivity contribution >= 4 is 11.6 Å². The van der Waals surface area contributed by atoms with E-state index in [0.717, 1.165) is 25.9 Å². The van der Waals surface area contributed by atoms with Crippen LogP contribution in [0.4, 0.5) is 10.1 Å². The summed E-state index contributed by atoms with van der Waals surface area (Å²) in [6, 6.07) is 3.81. The molecule has 1 saturated heterocycles. The maximum atomic E-state index is 13.1. The number of ether oxygens (including phenoxy) is 1. The number of amides is 1. The van der Waals surface area contributed by atoms with Gasteiger partial charge in [-0.15, -0.1) is 0 Å². The van der Waals surface area contributed by atoms with E-state index in [-0.39, 0.29) is 23.3 Å². The Morgan fingerprint density at radius 2 is 2.28 bits per heavy atom. The topological polar surface area (TPSA) is 64.4 Å². The summed E-state index contributed by atoms with van der Waals surface area (Å²) in [4.78, 5) is 11.8. The van der Waals surface area contributed by atoms with Crippen molar-refractivity contribution in [3.05, 3.63) is 29.6 Å². The van der Waals surface area contributed by atoms with Gasteiger partial charge in [-0.1, -0.05) is 0 Å². The summed E-state index contributed by atoms with van der Waals surface area (Å²) in [6.45, 7) is 1.20. The van der Waals surface area contributed by atoms with Crippen LogP contribution in [0.15, 0.2) is 18.2 Å². The summed E-state index contributed by atoms with van der Waals surface area (Å²) in [5, 5.41) is 2.74. The first kappa shape index (κ1) is 12.8. The van der Waals surface area contributed by atoms with E-state index in [9.17, 15) is 9.18 Å². The third-order valence-corrected chi connectivity index (χ3v) is 2.95. The highest BCUT2D eigenvalue weighted by Crippen LogP contribution is 2.13. The Bertz CT molecular complexity index is 411. The van der Waals surface area contributed by atoms with Crippen LogP contribution < -0.4 is 11.1 Å². The maximum absolute atomic E-state index is 13.1. The van der Waals surface area contributed by atoms with E-state index in [1.807, 2.05) is 0 Å². The van der Waals surface area contributed by atoms with Gasteiger partial charge in [0.25, 0.3) is 5.91 Å². The zero-order valence-corrected chi connectivity index (χ0v) is 10.1. The summed E-state index contributed by atoms with van der Waals surface area (Å²) in [7, 11) is 0. The summed E-state index contributed by atoms with van der Waals surface area (Å²) in [5.74, 6) is -0.829. The van der Waals surface area contributed by atoms with E-state index >= 15 is 0 Å². The number of nitrogen functional groups attached to an aromatic ring is 1. The molecule has 1 amide bonds. The molecule has 1 aliphatic rings. The van der Waals surface area contributed by atoms with Gasteiger partial charge in [0, 0.05) is 24.4 Å². The van der Waals surface area contributed by atoms with Gasteiger partial charge in [0.1, 0.15) is 5.82 Å². The average molecular weight is 252 g/mol. The number of carbonyl (C=O) groups excluding carboxylic acids is 1. The number of benzene rings is 1. The van der Waals surface area contributed by atoms with Crippen LogP contribution >= 0.6 is 0 Å². The number of hydrogen-bond acceptors (Lipinski definition) is 3. The summed E-state index contributed by atoms with van der Waals surface area (Å²) in [6.07, 6.45) is 3.21. The number of nitrogens with one attached hydrogen (secondary N) is 1. The van der Waals surface area contributed by atoms with Gasteiger partial charge in [-0.05, 0) is 37.5 Å². The molecule has 1 unspecified atom stereocenters. The van der Waals surface area contributed by atoms with Crippen LogP contribution in [0.2, 0.25) is 0 Å². The number of rotatable bonds is 3. The minimum atomic E-state index is -0.505. The molecule has 3 N–H and O–H groups in total. The molecule has 1 fully saturated rings. The Morgan fingerprint density at radius 3 is 2.94 bits per heavy atom. The van der Waals surface area contributed by atoms with Crippen molar-refractivity contribution in [1.29, 1.82) is 0 Å². The van der Waals surface area contributed by atoms with Crippen LogP contribution in [-0.4, -0.2) is 25.2 Å². The lowest BCUT2D eigenvalue weighted by atomic mass is 10.1. The second-order valence-electron chi connectivity index (χ2n) is 4.47. The third-order valence-electron chi connectivity index (χ3n) is 2.95. The highest BCUT2D eigenvalue weighted by molar-refractivity contribution is 5.95. The molecule has 18 heavy (non-hydrogen) atoms. The van der Waals surface area contributed by atoms with Gasteiger partial charge >= 0.3 is 0 Å². The molecule has 4 nitrogen and oxygen atoms in total. The second-order valence-corrected chi connectivity index (χ2v) is 4.47. The SMILES string of the molecule is Nc1cc(F)cc(C(=O)NCC2CCCCO2)c1. The fourth-order valence-corrected chi connectivity index (χ4v) is 2.02. The lowest BCUT2D eigenvalue weighted by Crippen LogP contribution is -2.35. The first-order valence-corrected chi connectivity index (χ1v) is 6.11. The fraction of sp³-hybridized carbons (Fsp3) is 0.462. The molecule has 0 radical (unpaired) electrons. The van der Waals surface area contributed by atoms with Gasteiger partial charge in [-0.3, -0.25) is 4.79 Å². The van der Waals surface area contributed by atoms with E-state index in [1.165, 1.54) is 18.2 Å². The van der Waals surface area contributed by atoms with Crippen LogP contribution in [0.3, 0.4) is 0 Å². The van der Waals surface area contributed by atoms with Gasteiger partial charge < -0.3 is 15.8 Å². The normalized spacial score (nSPS) is 19.5. The predicted octanol–water partition coefficient (Wildman–Crippen LogP) is 1.71. The van der Waals surface area contributed by atoms with Crippen LogP contribution in [0.1, 0.15) is 29.6 Å². The molecule has 1 aliphatic heterocycles. The van der Waals surface area contributed by atoms with Crippen molar-refractivity contribution in [3.63, 3.8) is 0 Å². The summed E-state index contributed by atoms with van der Waals surface area (Å²) in [5.41, 5.74) is 5.98. The molecule has 1 atom stereocenters. The molecular formula is C13H17FN2O2. The lowest BCUT2D eigenvalue weighted by Gasteiger charge is -2.22. The second kappa shape index (κ2) is 5.82. The largest absolute Gasteiger partial charge is 0.399 e. The quantitative estimate of drug-likeness (QED) is 0.805. The average Bonchev–Trinajstić information content (AvgIpc) is 2.36. The van der Waals surface area contributed by atoms with Crippen molar-refractivity contribution in [2.24, 2.45) is 0 Å². The van der Waals surface area contributed by atoms with E-state index < -0.39 is 5.82 Å². The molecule has 0 bridgehead atoms. The van der Waals surface area contributed by atoms with Crippen LogP contribution in [0.25, 0.3) is 0 Å². The Kier molecular flexibility index (Phi) is 4.15. The van der Waals surface area contributed by atoms with Crippen molar-refractivity contribution < 1.29 is 13.9 Å². The standard InChI is InChI=1S/C13H17FN2O2/c14-10-5-9(6-11(15)7-10)13(17)16-8-12-3-1-2-4-18-12/h5-7,12H,1-4,8,15H2,(H,16,17). The van der Waals surface area contributed by atoms with Gasteiger partial charge in [-0.25, -0.2) is 4.39 Å². The highest BCUT2D eigenvalue weighted by atomic mass is 19.1.